The van der Waals surface area contributed by atoms with Crippen molar-refractivity contribution in [2.75, 3.05) is 30.9 Å². The first-order valence-corrected chi connectivity index (χ1v) is 10.9. The third-order valence-electron chi connectivity index (χ3n) is 3.39. The van der Waals surface area contributed by atoms with E-state index in [9.17, 15) is 19.2 Å². The van der Waals surface area contributed by atoms with Gasteiger partial charge in [0.25, 0.3) is 0 Å². The SMILES string of the molecule is CCOC(=O)CSc1ncc2c(NC(=O)CC(=O)OCC)c(C(=O)OCC)sc2n1. The summed E-state index contributed by atoms with van der Waals surface area (Å²) < 4.78 is 14.7. The number of fused-ring (bicyclic) bond motifs is 1. The minimum atomic E-state index is -0.680. The zero-order chi connectivity index (χ0) is 22.1. The van der Waals surface area contributed by atoms with E-state index in [0.717, 1.165) is 23.1 Å². The average Bonchev–Trinajstić information content (AvgIpc) is 3.04. The van der Waals surface area contributed by atoms with Crippen LogP contribution in [0.2, 0.25) is 0 Å². The molecule has 0 spiro atoms. The summed E-state index contributed by atoms with van der Waals surface area (Å²) in [5.41, 5.74) is 0.171. The number of thiophene rings is 1. The van der Waals surface area contributed by atoms with Gasteiger partial charge in [-0.25, -0.2) is 14.8 Å². The van der Waals surface area contributed by atoms with E-state index in [1.54, 1.807) is 20.8 Å². The highest BCUT2D eigenvalue weighted by Gasteiger charge is 2.24. The van der Waals surface area contributed by atoms with Gasteiger partial charge in [-0.05, 0) is 20.8 Å². The normalized spacial score (nSPS) is 10.5. The molecule has 0 aliphatic heterocycles. The number of esters is 3. The Morgan fingerprint density at radius 1 is 1.03 bits per heavy atom. The molecule has 2 heterocycles. The number of aromatic nitrogens is 2. The predicted octanol–water partition coefficient (Wildman–Crippen LogP) is 2.41. The minimum absolute atomic E-state index is 0.0403. The topological polar surface area (TPSA) is 134 Å². The number of amides is 1. The second-order valence-electron chi connectivity index (χ2n) is 5.52. The molecule has 1 amide bonds. The zero-order valence-electron chi connectivity index (χ0n) is 16.7. The summed E-state index contributed by atoms with van der Waals surface area (Å²) in [4.78, 5) is 56.7. The van der Waals surface area contributed by atoms with Gasteiger partial charge in [-0.15, -0.1) is 11.3 Å². The van der Waals surface area contributed by atoms with E-state index < -0.39 is 30.2 Å². The number of nitrogens with one attached hydrogen (secondary N) is 1. The van der Waals surface area contributed by atoms with E-state index in [2.05, 4.69) is 15.3 Å². The molecule has 2 aromatic heterocycles. The number of hydrogen-bond donors (Lipinski definition) is 1. The zero-order valence-corrected chi connectivity index (χ0v) is 18.3. The maximum absolute atomic E-state index is 12.3. The van der Waals surface area contributed by atoms with Crippen LogP contribution in [0.25, 0.3) is 10.2 Å². The van der Waals surface area contributed by atoms with Crippen LogP contribution in [0, 0.1) is 0 Å². The number of nitrogens with zero attached hydrogens (tertiary/aromatic N) is 2. The molecule has 0 aliphatic rings. The quantitative estimate of drug-likeness (QED) is 0.187. The van der Waals surface area contributed by atoms with Crippen LogP contribution in [0.1, 0.15) is 36.9 Å². The van der Waals surface area contributed by atoms with Gasteiger partial charge in [0.1, 0.15) is 16.1 Å². The largest absolute Gasteiger partial charge is 0.466 e. The van der Waals surface area contributed by atoms with Gasteiger partial charge in [-0.1, -0.05) is 11.8 Å². The first-order valence-electron chi connectivity index (χ1n) is 9.10. The molecular formula is C18H21N3O7S2. The Balaban J connectivity index is 2.30. The minimum Gasteiger partial charge on any atom is -0.466 e. The van der Waals surface area contributed by atoms with Crippen LogP contribution < -0.4 is 5.32 Å². The third kappa shape index (κ3) is 6.39. The van der Waals surface area contributed by atoms with Gasteiger partial charge in [0.05, 0.1) is 36.6 Å². The Bertz CT molecular complexity index is 945. The Kier molecular flexibility index (Phi) is 8.99. The summed E-state index contributed by atoms with van der Waals surface area (Å²) in [7, 11) is 0. The Hall–Kier alpha value is -2.73. The van der Waals surface area contributed by atoms with Crippen molar-refractivity contribution in [3.63, 3.8) is 0 Å². The van der Waals surface area contributed by atoms with Crippen LogP contribution >= 0.6 is 23.1 Å². The molecule has 0 fully saturated rings. The monoisotopic (exact) mass is 455 g/mol. The summed E-state index contributed by atoms with van der Waals surface area (Å²) in [6.45, 7) is 5.59. The van der Waals surface area contributed by atoms with Gasteiger partial charge in [0, 0.05) is 6.20 Å². The second kappa shape index (κ2) is 11.5. The van der Waals surface area contributed by atoms with E-state index in [4.69, 9.17) is 14.2 Å². The summed E-state index contributed by atoms with van der Waals surface area (Å²) >= 11 is 2.11. The number of ether oxygens (including phenoxy) is 3. The van der Waals surface area contributed by atoms with Crippen LogP contribution in [-0.2, 0) is 28.6 Å². The molecule has 30 heavy (non-hydrogen) atoms. The smallest absolute Gasteiger partial charge is 0.350 e. The molecule has 12 heteroatoms. The summed E-state index contributed by atoms with van der Waals surface area (Å²) in [6, 6.07) is 0. The Morgan fingerprint density at radius 2 is 1.70 bits per heavy atom. The first-order chi connectivity index (χ1) is 14.4. The van der Waals surface area contributed by atoms with Gasteiger partial charge >= 0.3 is 17.9 Å². The maximum atomic E-state index is 12.3. The van der Waals surface area contributed by atoms with Gasteiger partial charge in [-0.3, -0.25) is 14.4 Å². The van der Waals surface area contributed by atoms with Crippen LogP contribution in [0.15, 0.2) is 11.4 Å². The molecule has 1 N–H and O–H groups in total. The van der Waals surface area contributed by atoms with Crippen molar-refractivity contribution in [1.82, 2.24) is 9.97 Å². The molecule has 2 rings (SSSR count). The predicted molar refractivity (Wildman–Crippen MR) is 111 cm³/mol. The van der Waals surface area contributed by atoms with E-state index in [-0.39, 0.29) is 36.1 Å². The van der Waals surface area contributed by atoms with Gasteiger partial charge < -0.3 is 19.5 Å². The number of rotatable bonds is 10. The molecule has 10 nitrogen and oxygen atoms in total. The fraction of sp³-hybridized carbons (Fsp3) is 0.444. The molecule has 0 saturated carbocycles. The number of carbonyl (C=O) groups excluding carboxylic acids is 4. The fourth-order valence-electron chi connectivity index (χ4n) is 2.26. The molecule has 0 radical (unpaired) electrons. The number of anilines is 1. The standard InChI is InChI=1S/C18H21N3O7S2/c1-4-26-12(23)7-11(22)20-14-10-8-19-18(29-9-13(24)27-5-2)21-16(10)30-15(14)17(25)28-6-3/h8H,4-7,9H2,1-3H3,(H,20,22). The van der Waals surface area contributed by atoms with Crippen molar-refractivity contribution in [2.45, 2.75) is 32.3 Å². The molecule has 0 saturated heterocycles. The van der Waals surface area contributed by atoms with Crippen LogP contribution in [-0.4, -0.2) is 59.4 Å². The summed E-state index contributed by atoms with van der Waals surface area (Å²) in [6.07, 6.45) is 0.941. The molecule has 2 aromatic rings. The highest BCUT2D eigenvalue weighted by atomic mass is 32.2. The van der Waals surface area contributed by atoms with E-state index in [1.807, 2.05) is 0 Å². The second-order valence-corrected chi connectivity index (χ2v) is 7.46. The Morgan fingerprint density at radius 3 is 2.37 bits per heavy atom. The molecular weight excluding hydrogens is 434 g/mol. The highest BCUT2D eigenvalue weighted by Crippen LogP contribution is 2.36. The summed E-state index contributed by atoms with van der Waals surface area (Å²) in [5.74, 6) is -2.30. The maximum Gasteiger partial charge on any atom is 0.350 e. The molecule has 0 aliphatic carbocycles. The molecule has 0 atom stereocenters. The lowest BCUT2D eigenvalue weighted by Gasteiger charge is -2.07. The van der Waals surface area contributed by atoms with E-state index in [0.29, 0.717) is 15.4 Å². The van der Waals surface area contributed by atoms with E-state index in [1.165, 1.54) is 6.20 Å². The molecule has 0 unspecified atom stereocenters. The lowest BCUT2D eigenvalue weighted by atomic mass is 10.2. The van der Waals surface area contributed by atoms with Crippen molar-refractivity contribution >= 4 is 62.8 Å². The highest BCUT2D eigenvalue weighted by molar-refractivity contribution is 7.99. The van der Waals surface area contributed by atoms with E-state index >= 15 is 0 Å². The van der Waals surface area contributed by atoms with Crippen molar-refractivity contribution in [2.24, 2.45) is 0 Å². The van der Waals surface area contributed by atoms with Crippen LogP contribution in [0.4, 0.5) is 5.69 Å². The van der Waals surface area contributed by atoms with Crippen molar-refractivity contribution in [1.29, 1.82) is 0 Å². The first kappa shape index (κ1) is 23.5. The average molecular weight is 456 g/mol. The third-order valence-corrected chi connectivity index (χ3v) is 5.30. The van der Waals surface area contributed by atoms with Gasteiger partial charge in [0.15, 0.2) is 5.16 Å². The number of carbonyl (C=O) groups is 4. The molecule has 0 aromatic carbocycles. The number of hydrogen-bond acceptors (Lipinski definition) is 11. The van der Waals surface area contributed by atoms with Crippen LogP contribution in [0.3, 0.4) is 0 Å². The lowest BCUT2D eigenvalue weighted by molar-refractivity contribution is -0.145. The summed E-state index contributed by atoms with van der Waals surface area (Å²) in [5, 5.41) is 3.29. The van der Waals surface area contributed by atoms with Gasteiger partial charge in [0.2, 0.25) is 5.91 Å². The van der Waals surface area contributed by atoms with Gasteiger partial charge in [-0.2, -0.15) is 0 Å². The molecule has 162 valence electrons. The van der Waals surface area contributed by atoms with Crippen molar-refractivity contribution in [3.05, 3.63) is 11.1 Å². The lowest BCUT2D eigenvalue weighted by Crippen LogP contribution is -2.19. The fourth-order valence-corrected chi connectivity index (χ4v) is 3.92. The molecule has 0 bridgehead atoms. The number of thioether (sulfide) groups is 1. The van der Waals surface area contributed by atoms with Crippen LogP contribution in [0.5, 0.6) is 0 Å². The van der Waals surface area contributed by atoms with Crippen molar-refractivity contribution in [3.8, 4) is 0 Å². The Labute approximate surface area is 180 Å². The van der Waals surface area contributed by atoms with Crippen molar-refractivity contribution < 1.29 is 33.4 Å².